The van der Waals surface area contributed by atoms with E-state index in [0.29, 0.717) is 12.6 Å². The molecule has 0 unspecified atom stereocenters. The van der Waals surface area contributed by atoms with Crippen LogP contribution in [0, 0.1) is 5.82 Å². The number of hydrogen-bond acceptors (Lipinski definition) is 4. The van der Waals surface area contributed by atoms with Gasteiger partial charge < -0.3 is 5.32 Å². The van der Waals surface area contributed by atoms with Crippen molar-refractivity contribution in [3.63, 3.8) is 0 Å². The van der Waals surface area contributed by atoms with Crippen LogP contribution in [-0.2, 0) is 16.4 Å². The van der Waals surface area contributed by atoms with Crippen molar-refractivity contribution in [3.05, 3.63) is 42.5 Å². The van der Waals surface area contributed by atoms with E-state index in [1.807, 2.05) is 0 Å². The molecule has 0 aliphatic rings. The quantitative estimate of drug-likeness (QED) is 0.851. The Morgan fingerprint density at radius 2 is 2.00 bits per heavy atom. The first-order chi connectivity index (χ1) is 10.2. The molecule has 2 rings (SSSR count). The number of halogens is 4. The molecule has 22 heavy (non-hydrogen) atoms. The lowest BCUT2D eigenvalue weighted by Crippen LogP contribution is -2.25. The van der Waals surface area contributed by atoms with Gasteiger partial charge in [0.25, 0.3) is 9.84 Å². The van der Waals surface area contributed by atoms with E-state index in [2.05, 4.69) is 10.4 Å². The van der Waals surface area contributed by atoms with Crippen LogP contribution in [0.4, 0.5) is 23.2 Å². The molecule has 0 saturated carbocycles. The van der Waals surface area contributed by atoms with Gasteiger partial charge in [-0.3, -0.25) is 4.68 Å². The van der Waals surface area contributed by atoms with Crippen LogP contribution < -0.4 is 5.32 Å². The van der Waals surface area contributed by atoms with Gasteiger partial charge in [0.2, 0.25) is 0 Å². The first-order valence-corrected chi connectivity index (χ1v) is 7.52. The number of nitrogens with one attached hydrogen (secondary N) is 1. The highest BCUT2D eigenvalue weighted by Crippen LogP contribution is 2.34. The van der Waals surface area contributed by atoms with Crippen molar-refractivity contribution in [3.8, 4) is 0 Å². The lowest BCUT2D eigenvalue weighted by molar-refractivity contribution is -0.0435. The molecule has 120 valence electrons. The zero-order valence-electron chi connectivity index (χ0n) is 11.0. The highest BCUT2D eigenvalue weighted by Gasteiger charge is 2.48. The van der Waals surface area contributed by atoms with Crippen molar-refractivity contribution in [1.29, 1.82) is 0 Å². The molecule has 10 heteroatoms. The molecule has 0 spiro atoms. The van der Waals surface area contributed by atoms with E-state index in [0.717, 1.165) is 12.1 Å². The SMILES string of the molecule is O=S(=O)(c1cc(F)ccc1NCCn1cccn1)C(F)(F)F. The summed E-state index contributed by atoms with van der Waals surface area (Å²) in [5.74, 6) is -1.07. The Bertz CT molecular complexity index is 742. The van der Waals surface area contributed by atoms with Gasteiger partial charge in [0.15, 0.2) is 0 Å². The van der Waals surface area contributed by atoms with Crippen LogP contribution in [-0.4, -0.2) is 30.3 Å². The zero-order chi connectivity index (χ0) is 16.4. The Kier molecular flexibility index (Phi) is 4.40. The number of nitrogens with zero attached hydrogens (tertiary/aromatic N) is 2. The normalized spacial score (nSPS) is 12.4. The fraction of sp³-hybridized carbons (Fsp3) is 0.250. The Morgan fingerprint density at radius 3 is 2.59 bits per heavy atom. The second-order valence-electron chi connectivity index (χ2n) is 4.29. The third-order valence-corrected chi connectivity index (χ3v) is 4.28. The van der Waals surface area contributed by atoms with Crippen LogP contribution in [0.3, 0.4) is 0 Å². The molecule has 0 amide bonds. The second-order valence-corrected chi connectivity index (χ2v) is 6.20. The molecule has 5 nitrogen and oxygen atoms in total. The molecule has 0 saturated heterocycles. The summed E-state index contributed by atoms with van der Waals surface area (Å²) < 4.78 is 75.5. The van der Waals surface area contributed by atoms with Crippen molar-refractivity contribution < 1.29 is 26.0 Å². The fourth-order valence-electron chi connectivity index (χ4n) is 1.73. The summed E-state index contributed by atoms with van der Waals surface area (Å²) in [7, 11) is -5.64. The molecule has 1 aromatic heterocycles. The Labute approximate surface area is 123 Å². The van der Waals surface area contributed by atoms with Gasteiger partial charge in [0.1, 0.15) is 10.7 Å². The third kappa shape index (κ3) is 3.38. The van der Waals surface area contributed by atoms with Crippen LogP contribution in [0.25, 0.3) is 0 Å². The van der Waals surface area contributed by atoms with Crippen LogP contribution in [0.2, 0.25) is 0 Å². The maximum atomic E-state index is 13.1. The largest absolute Gasteiger partial charge is 0.501 e. The van der Waals surface area contributed by atoms with Gasteiger partial charge in [-0.25, -0.2) is 12.8 Å². The molecule has 1 aromatic carbocycles. The lowest BCUT2D eigenvalue weighted by atomic mass is 10.3. The van der Waals surface area contributed by atoms with E-state index in [9.17, 15) is 26.0 Å². The highest BCUT2D eigenvalue weighted by atomic mass is 32.2. The molecule has 0 aliphatic carbocycles. The predicted molar refractivity (Wildman–Crippen MR) is 70.4 cm³/mol. The minimum absolute atomic E-state index is 0.119. The van der Waals surface area contributed by atoms with Gasteiger partial charge in [-0.2, -0.15) is 18.3 Å². The summed E-state index contributed by atoms with van der Waals surface area (Å²) in [6, 6.07) is 3.85. The predicted octanol–water partition coefficient (Wildman–Crippen LogP) is 2.43. The smallest absolute Gasteiger partial charge is 0.382 e. The fourth-order valence-corrected chi connectivity index (χ4v) is 2.67. The van der Waals surface area contributed by atoms with Crippen molar-refractivity contribution in [2.75, 3.05) is 11.9 Å². The minimum atomic E-state index is -5.64. The molecule has 0 radical (unpaired) electrons. The Hall–Kier alpha value is -2.10. The van der Waals surface area contributed by atoms with Crippen LogP contribution in [0.5, 0.6) is 0 Å². The molecule has 0 fully saturated rings. The van der Waals surface area contributed by atoms with Crippen molar-refractivity contribution in [2.45, 2.75) is 16.9 Å². The van der Waals surface area contributed by atoms with Crippen LogP contribution in [0.1, 0.15) is 0 Å². The summed E-state index contributed by atoms with van der Waals surface area (Å²) in [4.78, 5) is -1.14. The molecular formula is C12H11F4N3O2S. The average Bonchev–Trinajstić information content (AvgIpc) is 2.92. The molecule has 0 atom stereocenters. The number of sulfone groups is 1. The highest BCUT2D eigenvalue weighted by molar-refractivity contribution is 7.92. The summed E-state index contributed by atoms with van der Waals surface area (Å²) in [6.07, 6.45) is 3.16. The number of aromatic nitrogens is 2. The molecular weight excluding hydrogens is 326 g/mol. The molecule has 1 heterocycles. The van der Waals surface area contributed by atoms with E-state index < -0.39 is 26.1 Å². The minimum Gasteiger partial charge on any atom is -0.382 e. The maximum absolute atomic E-state index is 13.1. The number of anilines is 1. The standard InChI is InChI=1S/C12H11F4N3O2S/c13-9-2-3-10(17-5-7-19-6-1-4-18-19)11(8-9)22(20,21)12(14,15)16/h1-4,6,8,17H,5,7H2. The van der Waals surface area contributed by atoms with Gasteiger partial charge in [-0.15, -0.1) is 0 Å². The number of benzene rings is 1. The molecule has 0 bridgehead atoms. The van der Waals surface area contributed by atoms with E-state index in [4.69, 9.17) is 0 Å². The lowest BCUT2D eigenvalue weighted by Gasteiger charge is -2.14. The summed E-state index contributed by atoms with van der Waals surface area (Å²) in [5, 5.41) is 6.44. The summed E-state index contributed by atoms with van der Waals surface area (Å²) in [6.45, 7) is 0.420. The topological polar surface area (TPSA) is 64.0 Å². The van der Waals surface area contributed by atoms with Crippen LogP contribution in [0.15, 0.2) is 41.6 Å². The number of rotatable bonds is 5. The number of alkyl halides is 3. The van der Waals surface area contributed by atoms with E-state index in [-0.39, 0.29) is 12.2 Å². The van der Waals surface area contributed by atoms with Gasteiger partial charge >= 0.3 is 5.51 Å². The molecule has 2 aromatic rings. The Morgan fingerprint density at radius 1 is 1.27 bits per heavy atom. The zero-order valence-corrected chi connectivity index (χ0v) is 11.8. The van der Waals surface area contributed by atoms with E-state index >= 15 is 0 Å². The Balaban J connectivity index is 2.25. The van der Waals surface area contributed by atoms with E-state index in [1.54, 1.807) is 12.3 Å². The van der Waals surface area contributed by atoms with Crippen LogP contribution >= 0.6 is 0 Å². The second kappa shape index (κ2) is 5.95. The van der Waals surface area contributed by atoms with Gasteiger partial charge in [0, 0.05) is 18.9 Å². The average molecular weight is 337 g/mol. The third-order valence-electron chi connectivity index (χ3n) is 2.75. The van der Waals surface area contributed by atoms with Gasteiger partial charge in [-0.05, 0) is 24.3 Å². The van der Waals surface area contributed by atoms with E-state index in [1.165, 1.54) is 10.9 Å². The molecule has 0 aliphatic heterocycles. The summed E-state index contributed by atoms with van der Waals surface area (Å²) in [5.41, 5.74) is -5.81. The van der Waals surface area contributed by atoms with Crippen molar-refractivity contribution in [1.82, 2.24) is 9.78 Å². The van der Waals surface area contributed by atoms with Gasteiger partial charge in [-0.1, -0.05) is 0 Å². The summed E-state index contributed by atoms with van der Waals surface area (Å²) >= 11 is 0. The monoisotopic (exact) mass is 337 g/mol. The maximum Gasteiger partial charge on any atom is 0.501 e. The number of hydrogen-bond donors (Lipinski definition) is 1. The first kappa shape index (κ1) is 16.3. The van der Waals surface area contributed by atoms with Crippen molar-refractivity contribution in [2.24, 2.45) is 0 Å². The van der Waals surface area contributed by atoms with Gasteiger partial charge in [0.05, 0.1) is 12.2 Å². The molecule has 1 N–H and O–H groups in total. The first-order valence-electron chi connectivity index (χ1n) is 6.04. The van der Waals surface area contributed by atoms with Crippen molar-refractivity contribution >= 4 is 15.5 Å².